The fourth-order valence-corrected chi connectivity index (χ4v) is 1.31. The molecule has 0 rings (SSSR count). The third-order valence-electron chi connectivity index (χ3n) is 0.827. The van der Waals surface area contributed by atoms with E-state index in [1.54, 1.807) is 0 Å². The predicted octanol–water partition coefficient (Wildman–Crippen LogP) is -0.558. The zero-order valence-corrected chi connectivity index (χ0v) is 7.01. The molecule has 9 heavy (non-hydrogen) atoms. The number of hydrogen-bond donors (Lipinski definition) is 0. The van der Waals surface area contributed by atoms with Crippen molar-refractivity contribution in [2.75, 3.05) is 19.0 Å². The van der Waals surface area contributed by atoms with Crippen molar-refractivity contribution < 1.29 is 9.53 Å². The molecule has 0 spiro atoms. The average Bonchev–Trinajstić information content (AvgIpc) is 1.89. The molecule has 0 aliphatic rings. The number of nitrogens with zero attached hydrogens (tertiary/aromatic N) is 1. The van der Waals surface area contributed by atoms with Crippen molar-refractivity contribution in [3.63, 3.8) is 0 Å². The van der Waals surface area contributed by atoms with Crippen LogP contribution in [0.4, 0.5) is 0 Å². The number of hydrogen-bond acceptors (Lipinski definition) is 3. The Bertz CT molecular complexity index is 101. The number of aliphatic imine (C=N–C) groups is 1. The Kier molecular flexibility index (Phi) is 7.18. The first-order valence-electron chi connectivity index (χ1n) is 3.03. The summed E-state index contributed by atoms with van der Waals surface area (Å²) in [5, 5.41) is 0. The van der Waals surface area contributed by atoms with E-state index < -0.39 is 0 Å². The van der Waals surface area contributed by atoms with Gasteiger partial charge in [-0.25, -0.2) is 9.79 Å². The molecule has 0 amide bonds. The summed E-state index contributed by atoms with van der Waals surface area (Å²) in [4.78, 5) is 12.9. The Morgan fingerprint density at radius 3 is 3.11 bits per heavy atom. The third-order valence-corrected chi connectivity index (χ3v) is 1.94. The maximum Gasteiger partial charge on any atom is 0.234 e. The number of carbonyl (C=O) groups excluding carboxylic acids is 1. The van der Waals surface area contributed by atoms with Crippen molar-refractivity contribution in [2.24, 2.45) is 4.99 Å². The van der Waals surface area contributed by atoms with Crippen molar-refractivity contribution >= 4 is 15.6 Å². The molecule has 0 aliphatic heterocycles. The molecule has 52 valence electrons. The Labute approximate surface area is 56.9 Å². The highest BCUT2D eigenvalue weighted by Gasteiger charge is 1.84. The van der Waals surface area contributed by atoms with E-state index in [0.717, 1.165) is 12.8 Å². The van der Waals surface area contributed by atoms with E-state index in [1.165, 1.54) is 6.08 Å². The lowest BCUT2D eigenvalue weighted by atomic mass is 10.9. The normalized spacial score (nSPS) is 9.89. The Morgan fingerprint density at radius 1 is 1.78 bits per heavy atom. The first-order valence-corrected chi connectivity index (χ1v) is 5.03. The van der Waals surface area contributed by atoms with Crippen molar-refractivity contribution in [3.05, 3.63) is 0 Å². The quantitative estimate of drug-likeness (QED) is 0.225. The zero-order valence-electron chi connectivity index (χ0n) is 5.59. The molecule has 0 atom stereocenters. The molecular formula is C5H11NO2Si. The molecule has 0 aromatic heterocycles. The number of ether oxygens (including phenoxy) is 1. The molecule has 0 bridgehead atoms. The molecule has 0 N–H and O–H groups in total. The van der Waals surface area contributed by atoms with Crippen molar-refractivity contribution in [1.29, 1.82) is 0 Å². The van der Waals surface area contributed by atoms with Crippen LogP contribution in [-0.2, 0) is 9.53 Å². The van der Waals surface area contributed by atoms with Crippen molar-refractivity contribution in [2.45, 2.75) is 6.92 Å². The fraction of sp³-hybridized carbons (Fsp3) is 0.800. The highest BCUT2D eigenvalue weighted by molar-refractivity contribution is 6.35. The Balaban J connectivity index is 2.82. The SMILES string of the molecule is CCOC[SiH2]CN=C=O. The molecular weight excluding hydrogens is 134 g/mol. The summed E-state index contributed by atoms with van der Waals surface area (Å²) in [5.74, 6) is 0. The molecule has 0 unspecified atom stereocenters. The van der Waals surface area contributed by atoms with E-state index in [4.69, 9.17) is 4.74 Å². The Hall–Kier alpha value is -0.443. The van der Waals surface area contributed by atoms with E-state index in [9.17, 15) is 4.79 Å². The van der Waals surface area contributed by atoms with Crippen molar-refractivity contribution in [1.82, 2.24) is 0 Å². The van der Waals surface area contributed by atoms with Crippen LogP contribution >= 0.6 is 0 Å². The van der Waals surface area contributed by atoms with Gasteiger partial charge in [-0.15, -0.1) is 0 Å². The summed E-state index contributed by atoms with van der Waals surface area (Å²) in [6.45, 7) is 2.72. The lowest BCUT2D eigenvalue weighted by Crippen LogP contribution is -2.06. The van der Waals surface area contributed by atoms with Gasteiger partial charge in [-0.2, -0.15) is 0 Å². The average molecular weight is 145 g/mol. The van der Waals surface area contributed by atoms with E-state index in [0.29, 0.717) is 6.17 Å². The minimum Gasteiger partial charge on any atom is -0.386 e. The minimum absolute atomic E-state index is 0.262. The fourth-order valence-electron chi connectivity index (χ4n) is 0.436. The minimum atomic E-state index is -0.262. The maximum atomic E-state index is 9.53. The van der Waals surface area contributed by atoms with Crippen LogP contribution in [-0.4, -0.2) is 34.6 Å². The first kappa shape index (κ1) is 8.56. The molecule has 0 fully saturated rings. The summed E-state index contributed by atoms with van der Waals surface area (Å²) >= 11 is 0. The van der Waals surface area contributed by atoms with Crippen LogP contribution in [0.3, 0.4) is 0 Å². The van der Waals surface area contributed by atoms with E-state index in [1.807, 2.05) is 6.92 Å². The second-order valence-electron chi connectivity index (χ2n) is 1.52. The molecule has 0 saturated heterocycles. The standard InChI is InChI=1S/C5H11NO2Si/c1-2-8-5-9-4-6-3-7/h2,4-5,9H2,1H3. The largest absolute Gasteiger partial charge is 0.386 e. The van der Waals surface area contributed by atoms with Gasteiger partial charge in [0.25, 0.3) is 0 Å². The second-order valence-corrected chi connectivity index (χ2v) is 3.09. The Morgan fingerprint density at radius 2 is 2.56 bits per heavy atom. The van der Waals surface area contributed by atoms with E-state index >= 15 is 0 Å². The maximum absolute atomic E-state index is 9.53. The number of rotatable bonds is 5. The van der Waals surface area contributed by atoms with E-state index in [-0.39, 0.29) is 9.52 Å². The summed E-state index contributed by atoms with van der Waals surface area (Å²) < 4.78 is 5.05. The van der Waals surface area contributed by atoms with E-state index in [2.05, 4.69) is 4.99 Å². The topological polar surface area (TPSA) is 38.7 Å². The van der Waals surface area contributed by atoms with Gasteiger partial charge in [0, 0.05) is 19.0 Å². The molecule has 0 aromatic carbocycles. The van der Waals surface area contributed by atoms with Crippen LogP contribution in [0.25, 0.3) is 0 Å². The second kappa shape index (κ2) is 7.56. The van der Waals surface area contributed by atoms with Crippen LogP contribution in [0.5, 0.6) is 0 Å². The third kappa shape index (κ3) is 7.56. The van der Waals surface area contributed by atoms with Crippen LogP contribution in [0.1, 0.15) is 6.92 Å². The summed E-state index contributed by atoms with van der Waals surface area (Å²) in [5.41, 5.74) is 0. The molecule has 0 radical (unpaired) electrons. The zero-order chi connectivity index (χ0) is 6.95. The molecule has 0 aromatic rings. The summed E-state index contributed by atoms with van der Waals surface area (Å²) in [6, 6.07) is 0. The lowest BCUT2D eigenvalue weighted by Gasteiger charge is -1.93. The molecule has 0 heterocycles. The highest BCUT2D eigenvalue weighted by atomic mass is 28.2. The predicted molar refractivity (Wildman–Crippen MR) is 38.0 cm³/mol. The van der Waals surface area contributed by atoms with Gasteiger partial charge in [-0.3, -0.25) is 0 Å². The molecule has 3 nitrogen and oxygen atoms in total. The summed E-state index contributed by atoms with van der Waals surface area (Å²) in [7, 11) is -0.262. The molecule has 4 heteroatoms. The lowest BCUT2D eigenvalue weighted by molar-refractivity contribution is 0.193. The van der Waals surface area contributed by atoms with Gasteiger partial charge in [-0.05, 0) is 6.92 Å². The smallest absolute Gasteiger partial charge is 0.234 e. The van der Waals surface area contributed by atoms with Gasteiger partial charge < -0.3 is 4.74 Å². The molecule has 0 saturated carbocycles. The van der Waals surface area contributed by atoms with Crippen LogP contribution in [0, 0.1) is 0 Å². The summed E-state index contributed by atoms with van der Waals surface area (Å²) in [6.07, 6.45) is 2.99. The van der Waals surface area contributed by atoms with Gasteiger partial charge in [-0.1, -0.05) is 0 Å². The molecule has 0 aliphatic carbocycles. The van der Waals surface area contributed by atoms with Gasteiger partial charge in [0.1, 0.15) is 0 Å². The van der Waals surface area contributed by atoms with Gasteiger partial charge >= 0.3 is 0 Å². The van der Waals surface area contributed by atoms with Gasteiger partial charge in [0.15, 0.2) is 0 Å². The van der Waals surface area contributed by atoms with Gasteiger partial charge in [0.05, 0.1) is 9.52 Å². The first-order chi connectivity index (χ1) is 4.41. The van der Waals surface area contributed by atoms with Crippen LogP contribution < -0.4 is 0 Å². The monoisotopic (exact) mass is 145 g/mol. The highest BCUT2D eigenvalue weighted by Crippen LogP contribution is 1.70. The van der Waals surface area contributed by atoms with Crippen molar-refractivity contribution in [3.8, 4) is 0 Å². The van der Waals surface area contributed by atoms with Crippen LogP contribution in [0.2, 0.25) is 0 Å². The van der Waals surface area contributed by atoms with Gasteiger partial charge in [0.2, 0.25) is 6.08 Å². The number of isocyanates is 1. The van der Waals surface area contributed by atoms with Crippen LogP contribution in [0.15, 0.2) is 4.99 Å².